The van der Waals surface area contributed by atoms with Gasteiger partial charge < -0.3 is 9.64 Å². The van der Waals surface area contributed by atoms with Crippen LogP contribution in [0.3, 0.4) is 0 Å². The Morgan fingerprint density at radius 2 is 1.83 bits per heavy atom. The second-order valence-corrected chi connectivity index (χ2v) is 7.24. The first-order valence-corrected chi connectivity index (χ1v) is 9.10. The fraction of sp³-hybridized carbons (Fsp3) is 0.889. The normalized spacial score (nSPS) is 27.3. The summed E-state index contributed by atoms with van der Waals surface area (Å²) in [4.78, 5) is 28.9. The highest BCUT2D eigenvalue weighted by atomic mass is 16.5. The van der Waals surface area contributed by atoms with E-state index in [1.165, 1.54) is 26.4 Å². The van der Waals surface area contributed by atoms with Crippen LogP contribution in [0.4, 0.5) is 0 Å². The van der Waals surface area contributed by atoms with Gasteiger partial charge in [0.15, 0.2) is 0 Å². The number of carbonyl (C=O) groups is 2. The van der Waals surface area contributed by atoms with E-state index in [1.54, 1.807) is 0 Å². The van der Waals surface area contributed by atoms with Gasteiger partial charge in [-0.25, -0.2) is 0 Å². The predicted octanol–water partition coefficient (Wildman–Crippen LogP) is 2.44. The van der Waals surface area contributed by atoms with Gasteiger partial charge in [0.25, 0.3) is 0 Å². The van der Waals surface area contributed by atoms with E-state index in [-0.39, 0.29) is 30.3 Å². The number of nitrogens with zero attached hydrogens (tertiary/aromatic N) is 2. The first kappa shape index (κ1) is 18.2. The minimum Gasteiger partial charge on any atom is -0.469 e. The second kappa shape index (κ2) is 8.13. The van der Waals surface area contributed by atoms with E-state index in [2.05, 4.69) is 11.8 Å². The molecule has 0 spiro atoms. The number of rotatable bonds is 7. The van der Waals surface area contributed by atoms with Crippen molar-refractivity contribution in [2.24, 2.45) is 5.92 Å². The van der Waals surface area contributed by atoms with E-state index < -0.39 is 0 Å². The molecule has 0 unspecified atom stereocenters. The van der Waals surface area contributed by atoms with Gasteiger partial charge in [-0.3, -0.25) is 14.5 Å². The predicted molar refractivity (Wildman–Crippen MR) is 90.0 cm³/mol. The van der Waals surface area contributed by atoms with Crippen molar-refractivity contribution in [3.8, 4) is 0 Å². The summed E-state index contributed by atoms with van der Waals surface area (Å²) in [5, 5.41) is 0. The third kappa shape index (κ3) is 4.25. The topological polar surface area (TPSA) is 49.9 Å². The maximum Gasteiger partial charge on any atom is 0.307 e. The molecule has 1 amide bonds. The van der Waals surface area contributed by atoms with E-state index in [4.69, 9.17) is 4.74 Å². The van der Waals surface area contributed by atoms with Gasteiger partial charge in [0.1, 0.15) is 0 Å². The number of carbonyl (C=O) groups excluding carboxylic acids is 2. The van der Waals surface area contributed by atoms with Gasteiger partial charge >= 0.3 is 5.97 Å². The van der Waals surface area contributed by atoms with Crippen molar-refractivity contribution in [2.45, 2.75) is 77.4 Å². The van der Waals surface area contributed by atoms with E-state index in [1.807, 2.05) is 18.7 Å². The molecule has 2 heterocycles. The second-order valence-electron chi connectivity index (χ2n) is 7.24. The molecule has 23 heavy (non-hydrogen) atoms. The highest BCUT2D eigenvalue weighted by Gasteiger charge is 2.43. The highest BCUT2D eigenvalue weighted by Crippen LogP contribution is 2.39. The van der Waals surface area contributed by atoms with Crippen molar-refractivity contribution >= 4 is 11.9 Å². The van der Waals surface area contributed by atoms with Gasteiger partial charge in [0.2, 0.25) is 5.91 Å². The third-order valence-electron chi connectivity index (χ3n) is 5.41. The van der Waals surface area contributed by atoms with Gasteiger partial charge in [0, 0.05) is 30.6 Å². The average molecular weight is 324 g/mol. The van der Waals surface area contributed by atoms with Crippen molar-refractivity contribution < 1.29 is 14.3 Å². The van der Waals surface area contributed by atoms with Crippen LogP contribution < -0.4 is 0 Å². The van der Waals surface area contributed by atoms with Crippen molar-refractivity contribution in [3.63, 3.8) is 0 Å². The van der Waals surface area contributed by atoms with Crippen molar-refractivity contribution in [1.82, 2.24) is 9.80 Å². The molecule has 0 saturated carbocycles. The third-order valence-corrected chi connectivity index (χ3v) is 5.41. The largest absolute Gasteiger partial charge is 0.469 e. The summed E-state index contributed by atoms with van der Waals surface area (Å²) in [5.74, 6) is 0.110. The molecule has 0 aliphatic carbocycles. The van der Waals surface area contributed by atoms with Crippen molar-refractivity contribution in [1.29, 1.82) is 0 Å². The zero-order valence-electron chi connectivity index (χ0n) is 15.1. The fourth-order valence-corrected chi connectivity index (χ4v) is 4.27. The molecule has 2 aliphatic heterocycles. The number of hydrogen-bond donors (Lipinski definition) is 0. The Labute approximate surface area is 140 Å². The standard InChI is InChI=1S/C18H32N2O3/c1-5-9-20-15-6-7-16(20)12-14(11-15)18(22)19(13(2)3)10-8-17(21)23-4/h13-16H,5-12H2,1-4H3/t15-,16-/m0/s1. The molecule has 0 radical (unpaired) electrons. The Morgan fingerprint density at radius 3 is 2.30 bits per heavy atom. The van der Waals surface area contributed by atoms with Gasteiger partial charge in [-0.05, 0) is 52.5 Å². The minimum absolute atomic E-state index is 0.124. The number of esters is 1. The van der Waals surface area contributed by atoms with E-state index >= 15 is 0 Å². The molecule has 0 aromatic rings. The summed E-state index contributed by atoms with van der Waals surface area (Å²) in [6.45, 7) is 7.90. The Balaban J connectivity index is 1.97. The van der Waals surface area contributed by atoms with Crippen LogP contribution in [0.1, 0.15) is 59.3 Å². The number of amides is 1. The van der Waals surface area contributed by atoms with Crippen molar-refractivity contribution in [2.75, 3.05) is 20.2 Å². The molecule has 0 aromatic heterocycles. The number of methoxy groups -OCH3 is 1. The Morgan fingerprint density at radius 1 is 1.22 bits per heavy atom. The molecule has 2 saturated heterocycles. The summed E-state index contributed by atoms with van der Waals surface area (Å²) in [6.07, 6.45) is 5.90. The highest BCUT2D eigenvalue weighted by molar-refractivity contribution is 5.80. The van der Waals surface area contributed by atoms with Crippen LogP contribution in [0.25, 0.3) is 0 Å². The maximum atomic E-state index is 13.0. The zero-order chi connectivity index (χ0) is 17.0. The van der Waals surface area contributed by atoms with E-state index in [0.29, 0.717) is 18.6 Å². The van der Waals surface area contributed by atoms with Crippen LogP contribution in [0.5, 0.6) is 0 Å². The van der Waals surface area contributed by atoms with Gasteiger partial charge in [-0.1, -0.05) is 6.92 Å². The van der Waals surface area contributed by atoms with Crippen LogP contribution in [0.2, 0.25) is 0 Å². The van der Waals surface area contributed by atoms with Crippen LogP contribution in [0, 0.1) is 5.92 Å². The summed E-state index contributed by atoms with van der Waals surface area (Å²) in [5.41, 5.74) is 0. The molecule has 5 heteroatoms. The molecule has 2 rings (SSSR count). The van der Waals surface area contributed by atoms with Crippen LogP contribution in [-0.2, 0) is 14.3 Å². The Kier molecular flexibility index (Phi) is 6.45. The molecule has 2 bridgehead atoms. The van der Waals surface area contributed by atoms with Crippen LogP contribution in [-0.4, -0.2) is 60.0 Å². The number of piperidine rings is 1. The lowest BCUT2D eigenvalue weighted by atomic mass is 9.89. The Hall–Kier alpha value is -1.10. The van der Waals surface area contributed by atoms with E-state index in [9.17, 15) is 9.59 Å². The van der Waals surface area contributed by atoms with E-state index in [0.717, 1.165) is 19.4 Å². The molecular formula is C18H32N2O3. The average Bonchev–Trinajstić information content (AvgIpc) is 2.76. The first-order chi connectivity index (χ1) is 11.0. The SMILES string of the molecule is CCCN1[C@H]2CC[C@H]1CC(C(=O)N(CCC(=O)OC)C(C)C)C2. The number of fused-ring (bicyclic) bond motifs is 2. The first-order valence-electron chi connectivity index (χ1n) is 9.10. The van der Waals surface area contributed by atoms with Gasteiger partial charge in [-0.15, -0.1) is 0 Å². The summed E-state index contributed by atoms with van der Waals surface area (Å²) < 4.78 is 4.71. The smallest absolute Gasteiger partial charge is 0.307 e. The number of ether oxygens (including phenoxy) is 1. The molecule has 5 nitrogen and oxygen atoms in total. The van der Waals surface area contributed by atoms with Crippen molar-refractivity contribution in [3.05, 3.63) is 0 Å². The lowest BCUT2D eigenvalue weighted by molar-refractivity contribution is -0.144. The maximum absolute atomic E-state index is 13.0. The van der Waals surface area contributed by atoms with Crippen LogP contribution >= 0.6 is 0 Å². The van der Waals surface area contributed by atoms with Crippen LogP contribution in [0.15, 0.2) is 0 Å². The minimum atomic E-state index is -0.249. The number of hydrogen-bond acceptors (Lipinski definition) is 4. The van der Waals surface area contributed by atoms with Gasteiger partial charge in [-0.2, -0.15) is 0 Å². The monoisotopic (exact) mass is 324 g/mol. The molecule has 132 valence electrons. The Bertz CT molecular complexity index is 410. The fourth-order valence-electron chi connectivity index (χ4n) is 4.27. The lowest BCUT2D eigenvalue weighted by Gasteiger charge is -2.40. The molecule has 0 N–H and O–H groups in total. The molecule has 0 aromatic carbocycles. The summed E-state index contributed by atoms with van der Waals surface area (Å²) in [6, 6.07) is 1.29. The molecule has 2 aliphatic rings. The summed E-state index contributed by atoms with van der Waals surface area (Å²) >= 11 is 0. The van der Waals surface area contributed by atoms with Gasteiger partial charge in [0.05, 0.1) is 13.5 Å². The molecule has 2 atom stereocenters. The summed E-state index contributed by atoms with van der Waals surface area (Å²) in [7, 11) is 1.39. The molecule has 2 fully saturated rings. The molecular weight excluding hydrogens is 292 g/mol. The zero-order valence-corrected chi connectivity index (χ0v) is 15.1. The quantitative estimate of drug-likeness (QED) is 0.675. The lowest BCUT2D eigenvalue weighted by Crippen LogP contribution is -2.49.